The number of fused-ring (bicyclic) bond motifs is 2. The second kappa shape index (κ2) is 5.92. The molecule has 4 aromatic rings. The average molecular weight is 388 g/mol. The van der Waals surface area contributed by atoms with Crippen molar-refractivity contribution in [3.8, 4) is 11.5 Å². The number of aromatic amines is 2. The van der Waals surface area contributed by atoms with Gasteiger partial charge in [-0.3, -0.25) is 5.10 Å². The lowest BCUT2D eigenvalue weighted by molar-refractivity contribution is -0.0220. The number of halogens is 3. The Balaban J connectivity index is 1.51. The van der Waals surface area contributed by atoms with E-state index < -0.39 is 5.92 Å². The first-order valence-corrected chi connectivity index (χ1v) is 9.13. The van der Waals surface area contributed by atoms with Crippen LogP contribution in [0.25, 0.3) is 33.5 Å². The summed E-state index contributed by atoms with van der Waals surface area (Å²) in [5, 5.41) is 8.86. The molecule has 5 rings (SSSR count). The summed E-state index contributed by atoms with van der Waals surface area (Å²) >= 11 is 6.11. The third kappa shape index (κ3) is 2.92. The number of hydrogen-bond donors (Lipinski definition) is 2. The highest BCUT2D eigenvalue weighted by atomic mass is 35.5. The summed E-state index contributed by atoms with van der Waals surface area (Å²) in [7, 11) is 0. The van der Waals surface area contributed by atoms with Gasteiger partial charge in [-0.05, 0) is 36.4 Å². The molecule has 2 aromatic heterocycles. The number of nitrogens with zero attached hydrogens (tertiary/aromatic N) is 3. The smallest absolute Gasteiger partial charge is 0.251 e. The van der Waals surface area contributed by atoms with Gasteiger partial charge in [0, 0.05) is 42.0 Å². The fourth-order valence-corrected chi connectivity index (χ4v) is 3.74. The Bertz CT molecular complexity index is 1140. The lowest BCUT2D eigenvalue weighted by Crippen LogP contribution is -2.39. The van der Waals surface area contributed by atoms with E-state index in [1.165, 1.54) is 0 Å². The minimum Gasteiger partial charge on any atom is -0.371 e. The van der Waals surface area contributed by atoms with Gasteiger partial charge in [0.1, 0.15) is 5.69 Å². The summed E-state index contributed by atoms with van der Waals surface area (Å²) in [6.45, 7) is 0.698. The van der Waals surface area contributed by atoms with Crippen molar-refractivity contribution in [2.24, 2.45) is 0 Å². The van der Waals surface area contributed by atoms with Crippen molar-refractivity contribution in [1.82, 2.24) is 20.2 Å². The van der Waals surface area contributed by atoms with Gasteiger partial charge >= 0.3 is 0 Å². The molecule has 0 spiro atoms. The maximum Gasteiger partial charge on any atom is 0.251 e. The standard InChI is InChI=1S/C19H16ClF2N5/c20-11-1-3-14-13(9-11)17(26-25-14)18-23-15-4-2-12(10-16(15)24-18)27-7-5-19(21,22)6-8-27/h1-4,9-10H,5-8H2,(H,23,24)(H,25,26). The van der Waals surface area contributed by atoms with Gasteiger partial charge in [0.2, 0.25) is 0 Å². The maximum absolute atomic E-state index is 13.4. The van der Waals surface area contributed by atoms with Crippen LogP contribution < -0.4 is 4.90 Å². The van der Waals surface area contributed by atoms with Gasteiger partial charge in [0.25, 0.3) is 5.92 Å². The zero-order valence-corrected chi connectivity index (χ0v) is 15.0. The summed E-state index contributed by atoms with van der Waals surface area (Å²) in [6, 6.07) is 11.3. The normalized spacial score (nSPS) is 17.1. The first kappa shape index (κ1) is 16.5. The average Bonchev–Trinajstić information content (AvgIpc) is 3.24. The van der Waals surface area contributed by atoms with Crippen LogP contribution in [0.4, 0.5) is 14.5 Å². The van der Waals surface area contributed by atoms with Crippen LogP contribution >= 0.6 is 11.6 Å². The molecular weight excluding hydrogens is 372 g/mol. The van der Waals surface area contributed by atoms with Crippen molar-refractivity contribution in [3.05, 3.63) is 41.4 Å². The third-order valence-electron chi connectivity index (χ3n) is 5.07. The van der Waals surface area contributed by atoms with E-state index in [1.54, 1.807) is 6.07 Å². The molecule has 27 heavy (non-hydrogen) atoms. The molecule has 138 valence electrons. The van der Waals surface area contributed by atoms with E-state index in [9.17, 15) is 8.78 Å². The van der Waals surface area contributed by atoms with E-state index >= 15 is 0 Å². The van der Waals surface area contributed by atoms with E-state index in [0.717, 1.165) is 27.6 Å². The largest absolute Gasteiger partial charge is 0.371 e. The van der Waals surface area contributed by atoms with Crippen LogP contribution in [0.1, 0.15) is 12.8 Å². The number of benzene rings is 2. The van der Waals surface area contributed by atoms with Gasteiger partial charge in [0.05, 0.1) is 16.6 Å². The maximum atomic E-state index is 13.4. The number of anilines is 1. The molecular formula is C19H16ClF2N5. The molecule has 1 saturated heterocycles. The van der Waals surface area contributed by atoms with Crippen molar-refractivity contribution < 1.29 is 8.78 Å². The predicted molar refractivity (Wildman–Crippen MR) is 103 cm³/mol. The number of rotatable bonds is 2. The molecule has 0 amide bonds. The van der Waals surface area contributed by atoms with Crippen molar-refractivity contribution in [2.45, 2.75) is 18.8 Å². The quantitative estimate of drug-likeness (QED) is 0.509. The van der Waals surface area contributed by atoms with Gasteiger partial charge in [-0.25, -0.2) is 13.8 Å². The SMILES string of the molecule is FC1(F)CCN(c2ccc3nc(-c4n[nH]c5ccc(Cl)cc45)[nH]c3c2)CC1. The Morgan fingerprint density at radius 1 is 1.04 bits per heavy atom. The van der Waals surface area contributed by atoms with Crippen LogP contribution in [0, 0.1) is 0 Å². The number of aromatic nitrogens is 4. The summed E-state index contributed by atoms with van der Waals surface area (Å²) < 4.78 is 26.8. The molecule has 3 heterocycles. The Hall–Kier alpha value is -2.67. The van der Waals surface area contributed by atoms with Crippen LogP contribution in [0.15, 0.2) is 36.4 Å². The summed E-state index contributed by atoms with van der Waals surface area (Å²) in [6.07, 6.45) is -0.224. The Morgan fingerprint density at radius 2 is 1.85 bits per heavy atom. The topological polar surface area (TPSA) is 60.6 Å². The van der Waals surface area contributed by atoms with Crippen LogP contribution in [-0.2, 0) is 0 Å². The van der Waals surface area contributed by atoms with Gasteiger partial charge < -0.3 is 9.88 Å². The van der Waals surface area contributed by atoms with E-state index in [1.807, 2.05) is 35.2 Å². The fraction of sp³-hybridized carbons (Fsp3) is 0.263. The van der Waals surface area contributed by atoms with Gasteiger partial charge in [-0.2, -0.15) is 5.10 Å². The predicted octanol–water partition coefficient (Wildman–Crippen LogP) is 5.00. The van der Waals surface area contributed by atoms with Crippen molar-refractivity contribution in [2.75, 3.05) is 18.0 Å². The molecule has 1 aliphatic rings. The Kier molecular flexibility index (Phi) is 3.62. The minimum atomic E-state index is -2.55. The molecule has 2 aromatic carbocycles. The Labute approximate surface area is 158 Å². The highest BCUT2D eigenvalue weighted by Gasteiger charge is 2.34. The summed E-state index contributed by atoms with van der Waals surface area (Å²) in [4.78, 5) is 9.91. The highest BCUT2D eigenvalue weighted by Crippen LogP contribution is 2.33. The number of H-pyrrole nitrogens is 2. The van der Waals surface area contributed by atoms with Crippen molar-refractivity contribution in [1.29, 1.82) is 0 Å². The summed E-state index contributed by atoms with van der Waals surface area (Å²) in [5.41, 5.74) is 4.14. The molecule has 0 bridgehead atoms. The van der Waals surface area contributed by atoms with E-state index in [4.69, 9.17) is 11.6 Å². The zero-order chi connectivity index (χ0) is 18.6. The van der Waals surface area contributed by atoms with Gasteiger partial charge in [-0.1, -0.05) is 11.6 Å². The van der Waals surface area contributed by atoms with E-state index in [-0.39, 0.29) is 12.8 Å². The second-order valence-corrected chi connectivity index (χ2v) is 7.33. The van der Waals surface area contributed by atoms with Crippen molar-refractivity contribution in [3.63, 3.8) is 0 Å². The molecule has 8 heteroatoms. The van der Waals surface area contributed by atoms with Crippen LogP contribution in [0.2, 0.25) is 5.02 Å². The summed E-state index contributed by atoms with van der Waals surface area (Å²) in [5.74, 6) is -1.91. The number of imidazole rings is 1. The van der Waals surface area contributed by atoms with Crippen molar-refractivity contribution >= 4 is 39.2 Å². The second-order valence-electron chi connectivity index (χ2n) is 6.89. The first-order valence-electron chi connectivity index (χ1n) is 8.75. The molecule has 0 atom stereocenters. The van der Waals surface area contributed by atoms with Crippen LogP contribution in [0.5, 0.6) is 0 Å². The van der Waals surface area contributed by atoms with E-state index in [2.05, 4.69) is 20.2 Å². The number of nitrogens with one attached hydrogen (secondary N) is 2. The molecule has 1 fully saturated rings. The number of alkyl halides is 2. The fourth-order valence-electron chi connectivity index (χ4n) is 3.57. The van der Waals surface area contributed by atoms with E-state index in [0.29, 0.717) is 29.6 Å². The molecule has 0 unspecified atom stereocenters. The minimum absolute atomic E-state index is 0.112. The van der Waals surface area contributed by atoms with Crippen LogP contribution in [-0.4, -0.2) is 39.2 Å². The number of hydrogen-bond acceptors (Lipinski definition) is 3. The Morgan fingerprint density at radius 3 is 2.67 bits per heavy atom. The molecule has 5 nitrogen and oxygen atoms in total. The molecule has 2 N–H and O–H groups in total. The molecule has 0 radical (unpaired) electrons. The molecule has 0 aliphatic carbocycles. The first-order chi connectivity index (χ1) is 13.0. The van der Waals surface area contributed by atoms with Gasteiger partial charge in [0.15, 0.2) is 5.82 Å². The van der Waals surface area contributed by atoms with Crippen LogP contribution in [0.3, 0.4) is 0 Å². The number of piperidine rings is 1. The molecule has 0 saturated carbocycles. The van der Waals surface area contributed by atoms with Gasteiger partial charge in [-0.15, -0.1) is 0 Å². The molecule has 1 aliphatic heterocycles. The monoisotopic (exact) mass is 387 g/mol. The lowest BCUT2D eigenvalue weighted by atomic mass is 10.1. The lowest BCUT2D eigenvalue weighted by Gasteiger charge is -2.33. The zero-order valence-electron chi connectivity index (χ0n) is 14.3. The highest BCUT2D eigenvalue weighted by molar-refractivity contribution is 6.31. The third-order valence-corrected chi connectivity index (χ3v) is 5.31.